The zero-order valence-electron chi connectivity index (χ0n) is 17.2. The van der Waals surface area contributed by atoms with Gasteiger partial charge in [0.2, 0.25) is 0 Å². The fraction of sp³-hybridized carbons (Fsp3) is 0.280. The lowest BCUT2D eigenvalue weighted by Gasteiger charge is -2.23. The summed E-state index contributed by atoms with van der Waals surface area (Å²) in [5.74, 6) is -0.0239. The van der Waals surface area contributed by atoms with E-state index in [9.17, 15) is 0 Å². The Bertz CT molecular complexity index is 868. The lowest BCUT2D eigenvalue weighted by Crippen LogP contribution is -2.10. The van der Waals surface area contributed by atoms with Crippen LogP contribution in [0.15, 0.2) is 66.7 Å². The Hall–Kier alpha value is -2.82. The van der Waals surface area contributed by atoms with Crippen molar-refractivity contribution in [1.29, 1.82) is 0 Å². The van der Waals surface area contributed by atoms with Gasteiger partial charge < -0.3 is 20.9 Å². The molecule has 0 spiro atoms. The van der Waals surface area contributed by atoms with Crippen molar-refractivity contribution in [2.45, 2.75) is 18.8 Å². The third kappa shape index (κ3) is 5.17. The molecule has 0 heterocycles. The van der Waals surface area contributed by atoms with Crippen LogP contribution in [0.3, 0.4) is 0 Å². The molecule has 3 aromatic carbocycles. The Kier molecular flexibility index (Phi) is 7.28. The number of nitrogen functional groups attached to an aromatic ring is 2. The molecular formula is C25H30N2O2. The standard InChI is InChI=1S/C25H30N2O2/c1-28-14-12-18-8-10-21(23(26)16-18)25(20-6-4-3-5-7-20)22-11-9-19(13-15-29-2)17-24(22)27/h3-11,16-17,25H,12-15,26-27H2,1-2H3. The Labute approximate surface area is 173 Å². The van der Waals surface area contributed by atoms with Crippen LogP contribution >= 0.6 is 0 Å². The maximum atomic E-state index is 6.52. The molecule has 0 fully saturated rings. The number of anilines is 2. The summed E-state index contributed by atoms with van der Waals surface area (Å²) in [5.41, 5.74) is 20.2. The van der Waals surface area contributed by atoms with Gasteiger partial charge in [-0.15, -0.1) is 0 Å². The molecule has 0 aliphatic carbocycles. The van der Waals surface area contributed by atoms with Gasteiger partial charge in [-0.25, -0.2) is 0 Å². The van der Waals surface area contributed by atoms with E-state index in [2.05, 4.69) is 48.5 Å². The molecular weight excluding hydrogens is 360 g/mol. The fourth-order valence-corrected chi connectivity index (χ4v) is 3.70. The summed E-state index contributed by atoms with van der Waals surface area (Å²) >= 11 is 0. The van der Waals surface area contributed by atoms with Crippen molar-refractivity contribution in [1.82, 2.24) is 0 Å². The molecule has 0 aliphatic heterocycles. The smallest absolute Gasteiger partial charge is 0.0502 e. The van der Waals surface area contributed by atoms with Gasteiger partial charge in [0.15, 0.2) is 0 Å². The van der Waals surface area contributed by atoms with E-state index in [-0.39, 0.29) is 5.92 Å². The Morgan fingerprint density at radius 2 is 1.17 bits per heavy atom. The second-order valence-electron chi connectivity index (χ2n) is 7.26. The minimum Gasteiger partial charge on any atom is -0.398 e. The molecule has 152 valence electrons. The van der Waals surface area contributed by atoms with E-state index >= 15 is 0 Å². The lowest BCUT2D eigenvalue weighted by molar-refractivity contribution is 0.202. The monoisotopic (exact) mass is 390 g/mol. The third-order valence-corrected chi connectivity index (χ3v) is 5.25. The SMILES string of the molecule is COCCc1ccc(C(c2ccccc2)c2ccc(CCOC)cc2N)c(N)c1. The summed E-state index contributed by atoms with van der Waals surface area (Å²) in [4.78, 5) is 0. The van der Waals surface area contributed by atoms with Gasteiger partial charge in [0, 0.05) is 31.5 Å². The molecule has 0 bridgehead atoms. The number of hydrogen-bond acceptors (Lipinski definition) is 4. The van der Waals surface area contributed by atoms with Crippen LogP contribution < -0.4 is 11.5 Å². The molecule has 0 radical (unpaired) electrons. The number of rotatable bonds is 9. The summed E-state index contributed by atoms with van der Waals surface area (Å²) in [6.07, 6.45) is 1.68. The van der Waals surface area contributed by atoms with E-state index in [0.717, 1.165) is 35.3 Å². The quantitative estimate of drug-likeness (QED) is 0.419. The van der Waals surface area contributed by atoms with Gasteiger partial charge >= 0.3 is 0 Å². The first-order valence-corrected chi connectivity index (χ1v) is 9.93. The van der Waals surface area contributed by atoms with Crippen LogP contribution in [0.25, 0.3) is 0 Å². The van der Waals surface area contributed by atoms with Crippen molar-refractivity contribution < 1.29 is 9.47 Å². The average Bonchev–Trinajstić information content (AvgIpc) is 2.74. The molecule has 0 saturated heterocycles. The topological polar surface area (TPSA) is 70.5 Å². The first-order chi connectivity index (χ1) is 14.1. The Balaban J connectivity index is 2.03. The highest BCUT2D eigenvalue weighted by Crippen LogP contribution is 2.38. The third-order valence-electron chi connectivity index (χ3n) is 5.25. The molecule has 0 amide bonds. The van der Waals surface area contributed by atoms with Crippen LogP contribution in [0.5, 0.6) is 0 Å². The van der Waals surface area contributed by atoms with Crippen LogP contribution in [-0.4, -0.2) is 27.4 Å². The first-order valence-electron chi connectivity index (χ1n) is 9.93. The average molecular weight is 391 g/mol. The predicted octanol–water partition coefficient (Wildman–Crippen LogP) is 4.41. The van der Waals surface area contributed by atoms with Crippen molar-refractivity contribution in [3.05, 3.63) is 94.5 Å². The number of methoxy groups -OCH3 is 2. The summed E-state index contributed by atoms with van der Waals surface area (Å²) in [7, 11) is 3.42. The van der Waals surface area contributed by atoms with Crippen LogP contribution in [-0.2, 0) is 22.3 Å². The molecule has 3 aromatic rings. The molecule has 4 nitrogen and oxygen atoms in total. The molecule has 0 saturated carbocycles. The molecule has 0 atom stereocenters. The number of nitrogens with two attached hydrogens (primary N) is 2. The predicted molar refractivity (Wildman–Crippen MR) is 120 cm³/mol. The summed E-state index contributed by atoms with van der Waals surface area (Å²) in [5, 5.41) is 0. The van der Waals surface area contributed by atoms with Crippen LogP contribution in [0.2, 0.25) is 0 Å². The number of hydrogen-bond donors (Lipinski definition) is 2. The minimum absolute atomic E-state index is 0.0239. The Morgan fingerprint density at radius 1 is 0.690 bits per heavy atom. The molecule has 29 heavy (non-hydrogen) atoms. The van der Waals surface area contributed by atoms with Crippen LogP contribution in [0.1, 0.15) is 33.7 Å². The zero-order valence-corrected chi connectivity index (χ0v) is 17.2. The first kappa shape index (κ1) is 20.9. The van der Waals surface area contributed by atoms with E-state index in [0.29, 0.717) is 13.2 Å². The van der Waals surface area contributed by atoms with E-state index in [1.54, 1.807) is 14.2 Å². The normalized spacial score (nSPS) is 11.1. The highest BCUT2D eigenvalue weighted by molar-refractivity contribution is 5.63. The van der Waals surface area contributed by atoms with Crippen molar-refractivity contribution in [2.75, 3.05) is 38.9 Å². The van der Waals surface area contributed by atoms with E-state index in [1.807, 2.05) is 18.2 Å². The van der Waals surface area contributed by atoms with Crippen LogP contribution in [0.4, 0.5) is 11.4 Å². The van der Waals surface area contributed by atoms with Gasteiger partial charge in [0.25, 0.3) is 0 Å². The zero-order chi connectivity index (χ0) is 20.6. The largest absolute Gasteiger partial charge is 0.398 e. The van der Waals surface area contributed by atoms with Gasteiger partial charge in [0.1, 0.15) is 0 Å². The molecule has 4 heteroatoms. The maximum absolute atomic E-state index is 6.52. The van der Waals surface area contributed by atoms with Gasteiger partial charge in [-0.2, -0.15) is 0 Å². The molecule has 3 rings (SSSR count). The van der Waals surface area contributed by atoms with Crippen molar-refractivity contribution in [3.8, 4) is 0 Å². The van der Waals surface area contributed by atoms with Crippen molar-refractivity contribution in [3.63, 3.8) is 0 Å². The van der Waals surface area contributed by atoms with E-state index < -0.39 is 0 Å². The van der Waals surface area contributed by atoms with Crippen molar-refractivity contribution >= 4 is 11.4 Å². The summed E-state index contributed by atoms with van der Waals surface area (Å²) in [6.45, 7) is 1.35. The molecule has 4 N–H and O–H groups in total. The fourth-order valence-electron chi connectivity index (χ4n) is 3.70. The minimum atomic E-state index is -0.0239. The highest BCUT2D eigenvalue weighted by atomic mass is 16.5. The molecule has 0 aromatic heterocycles. The summed E-state index contributed by atoms with van der Waals surface area (Å²) < 4.78 is 10.4. The Morgan fingerprint density at radius 3 is 1.59 bits per heavy atom. The van der Waals surface area contributed by atoms with Crippen molar-refractivity contribution in [2.24, 2.45) is 0 Å². The second kappa shape index (κ2) is 10.1. The van der Waals surface area contributed by atoms with Gasteiger partial charge in [-0.3, -0.25) is 0 Å². The van der Waals surface area contributed by atoms with Gasteiger partial charge in [0.05, 0.1) is 13.2 Å². The maximum Gasteiger partial charge on any atom is 0.0502 e. The molecule has 0 aliphatic rings. The van der Waals surface area contributed by atoms with E-state index in [1.165, 1.54) is 16.7 Å². The second-order valence-corrected chi connectivity index (χ2v) is 7.26. The number of ether oxygens (including phenoxy) is 2. The molecule has 0 unspecified atom stereocenters. The van der Waals surface area contributed by atoms with Gasteiger partial charge in [-0.1, -0.05) is 54.6 Å². The van der Waals surface area contributed by atoms with Gasteiger partial charge in [-0.05, 0) is 52.8 Å². The van der Waals surface area contributed by atoms with E-state index in [4.69, 9.17) is 20.9 Å². The number of benzene rings is 3. The van der Waals surface area contributed by atoms with Crippen LogP contribution in [0, 0.1) is 0 Å². The summed E-state index contributed by atoms with van der Waals surface area (Å²) in [6, 6.07) is 23.0. The highest BCUT2D eigenvalue weighted by Gasteiger charge is 2.21. The lowest BCUT2D eigenvalue weighted by atomic mass is 9.82.